The molecule has 0 rings (SSSR count). The van der Waals surface area contributed by atoms with E-state index in [1.807, 2.05) is 34.6 Å². The molecule has 0 fully saturated rings. The molecule has 2 amide bonds. The molecule has 0 heterocycles. The van der Waals surface area contributed by atoms with Gasteiger partial charge in [0.2, 0.25) is 11.8 Å². The normalized spacial score (nSPS) is 14.4. The monoisotopic (exact) mass is 340 g/mol. The van der Waals surface area contributed by atoms with Crippen LogP contribution >= 0.6 is 0 Å². The van der Waals surface area contributed by atoms with E-state index < -0.39 is 17.5 Å². The van der Waals surface area contributed by atoms with Crippen molar-refractivity contribution in [3.05, 3.63) is 0 Å². The average molecular weight is 341 g/mol. The summed E-state index contributed by atoms with van der Waals surface area (Å²) in [7, 11) is 0. The predicted octanol–water partition coefficient (Wildman–Crippen LogP) is 3.07. The van der Waals surface area contributed by atoms with Gasteiger partial charge in [-0.1, -0.05) is 54.9 Å². The second-order valence-corrected chi connectivity index (χ2v) is 8.42. The van der Waals surface area contributed by atoms with Crippen molar-refractivity contribution in [2.45, 2.75) is 86.7 Å². The number of rotatable bonds is 9. The lowest BCUT2D eigenvalue weighted by atomic mass is 9.87. The van der Waals surface area contributed by atoms with Crippen LogP contribution in [-0.4, -0.2) is 29.7 Å². The van der Waals surface area contributed by atoms with E-state index in [-0.39, 0.29) is 23.5 Å². The lowest BCUT2D eigenvalue weighted by molar-refractivity contribution is -0.134. The molecule has 0 radical (unpaired) electrons. The molecule has 0 aliphatic carbocycles. The van der Waals surface area contributed by atoms with E-state index in [9.17, 15) is 14.4 Å². The molecular formula is C19H36N2O3. The summed E-state index contributed by atoms with van der Waals surface area (Å²) in [4.78, 5) is 36.7. The maximum absolute atomic E-state index is 12.5. The summed E-state index contributed by atoms with van der Waals surface area (Å²) in [6, 6.07) is -1.19. The Hall–Kier alpha value is -1.39. The van der Waals surface area contributed by atoms with Crippen molar-refractivity contribution in [1.82, 2.24) is 10.6 Å². The van der Waals surface area contributed by atoms with E-state index in [4.69, 9.17) is 0 Å². The summed E-state index contributed by atoms with van der Waals surface area (Å²) in [6.07, 6.45) is 2.23. The number of amides is 2. The first-order valence-corrected chi connectivity index (χ1v) is 9.00. The third-order valence-corrected chi connectivity index (χ3v) is 3.94. The number of hydrogen-bond acceptors (Lipinski definition) is 3. The molecule has 0 aliphatic rings. The Labute approximate surface area is 147 Å². The number of carbonyl (C=O) groups is 3. The fraction of sp³-hybridized carbons (Fsp3) is 0.842. The molecule has 0 aliphatic heterocycles. The van der Waals surface area contributed by atoms with E-state index >= 15 is 0 Å². The summed E-state index contributed by atoms with van der Waals surface area (Å²) >= 11 is 0. The maximum Gasteiger partial charge on any atom is 0.243 e. The summed E-state index contributed by atoms with van der Waals surface area (Å²) in [5.41, 5.74) is -0.514. The molecule has 5 nitrogen and oxygen atoms in total. The van der Waals surface area contributed by atoms with Crippen molar-refractivity contribution in [2.24, 2.45) is 17.3 Å². The molecule has 0 saturated heterocycles. The van der Waals surface area contributed by atoms with E-state index in [1.54, 1.807) is 6.92 Å². The third kappa shape index (κ3) is 8.46. The fourth-order valence-electron chi connectivity index (χ4n) is 2.47. The summed E-state index contributed by atoms with van der Waals surface area (Å²) in [6.45, 7) is 15.2. The quantitative estimate of drug-likeness (QED) is 0.677. The van der Waals surface area contributed by atoms with Crippen LogP contribution < -0.4 is 10.6 Å². The van der Waals surface area contributed by atoms with Gasteiger partial charge in [-0.25, -0.2) is 0 Å². The first-order chi connectivity index (χ1) is 10.9. The van der Waals surface area contributed by atoms with Crippen LogP contribution in [0, 0.1) is 17.3 Å². The van der Waals surface area contributed by atoms with Crippen molar-refractivity contribution in [2.75, 3.05) is 0 Å². The SMILES string of the molecule is CC(C)CCCC(=O)NC(C(=O)N[C@@H](C)C(=O)C(C)(C)C)C(C)C. The van der Waals surface area contributed by atoms with Gasteiger partial charge in [-0.3, -0.25) is 14.4 Å². The molecular weight excluding hydrogens is 304 g/mol. The van der Waals surface area contributed by atoms with Crippen LogP contribution in [0.5, 0.6) is 0 Å². The molecule has 2 N–H and O–H groups in total. The Morgan fingerprint density at radius 3 is 1.88 bits per heavy atom. The highest BCUT2D eigenvalue weighted by Crippen LogP contribution is 2.17. The van der Waals surface area contributed by atoms with Gasteiger partial charge in [0.25, 0.3) is 0 Å². The molecule has 24 heavy (non-hydrogen) atoms. The number of carbonyl (C=O) groups excluding carboxylic acids is 3. The van der Waals surface area contributed by atoms with Crippen LogP contribution in [-0.2, 0) is 14.4 Å². The van der Waals surface area contributed by atoms with Gasteiger partial charge in [-0.15, -0.1) is 0 Å². The first kappa shape index (κ1) is 22.6. The van der Waals surface area contributed by atoms with Crippen molar-refractivity contribution in [3.8, 4) is 0 Å². The van der Waals surface area contributed by atoms with Gasteiger partial charge in [-0.05, 0) is 25.2 Å². The molecule has 0 spiro atoms. The number of Topliss-reactive ketones (excluding diaryl/α,β-unsaturated/α-hetero) is 1. The largest absolute Gasteiger partial charge is 0.345 e. The number of hydrogen-bond donors (Lipinski definition) is 2. The Kier molecular flexibility index (Phi) is 9.23. The second kappa shape index (κ2) is 9.80. The second-order valence-electron chi connectivity index (χ2n) is 8.42. The zero-order chi connectivity index (χ0) is 19.1. The van der Waals surface area contributed by atoms with Crippen LogP contribution in [0.15, 0.2) is 0 Å². The van der Waals surface area contributed by atoms with Crippen LogP contribution in [0.1, 0.15) is 74.7 Å². The Morgan fingerprint density at radius 2 is 1.46 bits per heavy atom. The van der Waals surface area contributed by atoms with Crippen LogP contribution in [0.2, 0.25) is 0 Å². The topological polar surface area (TPSA) is 75.3 Å². The molecule has 140 valence electrons. The molecule has 0 aromatic carbocycles. The zero-order valence-electron chi connectivity index (χ0n) is 16.7. The van der Waals surface area contributed by atoms with Crippen molar-refractivity contribution < 1.29 is 14.4 Å². The smallest absolute Gasteiger partial charge is 0.243 e. The minimum Gasteiger partial charge on any atom is -0.345 e. The maximum atomic E-state index is 12.5. The Morgan fingerprint density at radius 1 is 0.917 bits per heavy atom. The molecule has 5 heteroatoms. The molecule has 1 unspecified atom stereocenters. The van der Waals surface area contributed by atoms with Gasteiger partial charge in [-0.2, -0.15) is 0 Å². The standard InChI is InChI=1S/C19H36N2O3/c1-12(2)10-9-11-15(22)21-16(13(3)4)18(24)20-14(5)17(23)19(6,7)8/h12-14,16H,9-11H2,1-8H3,(H,20,24)(H,21,22)/t14-,16?/m0/s1. The van der Waals surface area contributed by atoms with Crippen LogP contribution in [0.25, 0.3) is 0 Å². The highest BCUT2D eigenvalue weighted by atomic mass is 16.2. The first-order valence-electron chi connectivity index (χ1n) is 9.00. The highest BCUT2D eigenvalue weighted by molar-refractivity contribution is 5.94. The van der Waals surface area contributed by atoms with Crippen molar-refractivity contribution in [3.63, 3.8) is 0 Å². The fourth-order valence-corrected chi connectivity index (χ4v) is 2.47. The predicted molar refractivity (Wildman–Crippen MR) is 97.5 cm³/mol. The molecule has 0 bridgehead atoms. The van der Waals surface area contributed by atoms with E-state index in [0.717, 1.165) is 12.8 Å². The Balaban J connectivity index is 4.68. The van der Waals surface area contributed by atoms with Gasteiger partial charge < -0.3 is 10.6 Å². The molecule has 0 saturated carbocycles. The van der Waals surface area contributed by atoms with Crippen molar-refractivity contribution in [1.29, 1.82) is 0 Å². The van der Waals surface area contributed by atoms with E-state index in [0.29, 0.717) is 12.3 Å². The van der Waals surface area contributed by atoms with E-state index in [1.165, 1.54) is 0 Å². The zero-order valence-corrected chi connectivity index (χ0v) is 16.7. The number of ketones is 1. The van der Waals surface area contributed by atoms with Gasteiger partial charge in [0.15, 0.2) is 5.78 Å². The van der Waals surface area contributed by atoms with Crippen LogP contribution in [0.4, 0.5) is 0 Å². The van der Waals surface area contributed by atoms with E-state index in [2.05, 4.69) is 24.5 Å². The lowest BCUT2D eigenvalue weighted by Gasteiger charge is -2.26. The average Bonchev–Trinajstić information content (AvgIpc) is 2.41. The molecule has 0 aromatic rings. The summed E-state index contributed by atoms with van der Waals surface area (Å²) in [5, 5.41) is 5.55. The van der Waals surface area contributed by atoms with Gasteiger partial charge in [0, 0.05) is 11.8 Å². The lowest BCUT2D eigenvalue weighted by Crippen LogP contribution is -2.54. The summed E-state index contributed by atoms with van der Waals surface area (Å²) < 4.78 is 0. The van der Waals surface area contributed by atoms with Gasteiger partial charge in [0.05, 0.1) is 6.04 Å². The van der Waals surface area contributed by atoms with Crippen molar-refractivity contribution >= 4 is 17.6 Å². The summed E-state index contributed by atoms with van der Waals surface area (Å²) in [5.74, 6) is 0.0791. The number of nitrogens with one attached hydrogen (secondary N) is 2. The van der Waals surface area contributed by atoms with Gasteiger partial charge in [0.1, 0.15) is 6.04 Å². The third-order valence-electron chi connectivity index (χ3n) is 3.94. The molecule has 2 atom stereocenters. The minimum atomic E-state index is -0.619. The molecule has 0 aromatic heterocycles. The van der Waals surface area contributed by atoms with Crippen LogP contribution in [0.3, 0.4) is 0 Å². The van der Waals surface area contributed by atoms with Gasteiger partial charge >= 0.3 is 0 Å². The minimum absolute atomic E-state index is 0.0263. The Bertz CT molecular complexity index is 436. The highest BCUT2D eigenvalue weighted by Gasteiger charge is 2.31.